The third-order valence-corrected chi connectivity index (χ3v) is 5.60. The number of hydrogen-bond acceptors (Lipinski definition) is 5. The van der Waals surface area contributed by atoms with Crippen LogP contribution in [0.3, 0.4) is 0 Å². The zero-order chi connectivity index (χ0) is 18.9. The van der Waals surface area contributed by atoms with Gasteiger partial charge >= 0.3 is 0 Å². The van der Waals surface area contributed by atoms with Gasteiger partial charge in [0.05, 0.1) is 10.0 Å². The predicted molar refractivity (Wildman–Crippen MR) is 97.6 cm³/mol. The van der Waals surface area contributed by atoms with Crippen LogP contribution in [0.25, 0.3) is 11.4 Å². The molecular weight excluding hydrogens is 399 g/mol. The monoisotopic (exact) mass is 410 g/mol. The highest BCUT2D eigenvalue weighted by atomic mass is 35.5. The summed E-state index contributed by atoms with van der Waals surface area (Å²) in [4.78, 5) is 20.0. The lowest BCUT2D eigenvalue weighted by Crippen LogP contribution is -2.31. The van der Waals surface area contributed by atoms with Crippen LogP contribution in [-0.2, 0) is 17.1 Å². The van der Waals surface area contributed by atoms with Crippen molar-refractivity contribution in [1.82, 2.24) is 19.3 Å². The molecule has 0 fully saturated rings. The van der Waals surface area contributed by atoms with Gasteiger partial charge in [-0.15, -0.1) is 0 Å². The molecule has 0 aliphatic rings. The second kappa shape index (κ2) is 7.06. The summed E-state index contributed by atoms with van der Waals surface area (Å²) in [5.74, 6) is -0.462. The number of sulfonamides is 1. The first kappa shape index (κ1) is 18.4. The number of imidazole rings is 1. The number of benzene rings is 1. The standard InChI is InChI=1S/C16H12Cl2N4O3S/c1-22-9-13(20-15(22)10-4-2-3-5-11(10)17)16(23)21-26(24,25)14-8-19-7-6-12(14)18/h2-9H,1H3,(H,21,23). The Labute approximate surface area is 159 Å². The molecule has 134 valence electrons. The molecule has 0 atom stereocenters. The van der Waals surface area contributed by atoms with Gasteiger partial charge in [0.1, 0.15) is 16.4 Å². The molecule has 0 radical (unpaired) electrons. The van der Waals surface area contributed by atoms with E-state index in [2.05, 4.69) is 9.97 Å². The van der Waals surface area contributed by atoms with Crippen LogP contribution < -0.4 is 4.72 Å². The van der Waals surface area contributed by atoms with Gasteiger partial charge < -0.3 is 4.57 Å². The van der Waals surface area contributed by atoms with Crippen LogP contribution in [-0.4, -0.2) is 28.9 Å². The normalized spacial score (nSPS) is 11.3. The summed E-state index contributed by atoms with van der Waals surface area (Å²) in [6.45, 7) is 0. The lowest BCUT2D eigenvalue weighted by Gasteiger charge is -2.06. The van der Waals surface area contributed by atoms with Crippen molar-refractivity contribution >= 4 is 39.1 Å². The van der Waals surface area contributed by atoms with E-state index < -0.39 is 15.9 Å². The zero-order valence-electron chi connectivity index (χ0n) is 13.3. The van der Waals surface area contributed by atoms with Gasteiger partial charge in [0, 0.05) is 31.2 Å². The fourth-order valence-corrected chi connectivity index (χ4v) is 3.87. The molecule has 2 aromatic heterocycles. The summed E-state index contributed by atoms with van der Waals surface area (Å²) in [6, 6.07) is 8.31. The van der Waals surface area contributed by atoms with E-state index in [1.807, 2.05) is 4.72 Å². The Hall–Kier alpha value is -2.42. The maximum atomic E-state index is 12.4. The summed E-state index contributed by atoms with van der Waals surface area (Å²) in [6.07, 6.45) is 3.82. The van der Waals surface area contributed by atoms with E-state index >= 15 is 0 Å². The summed E-state index contributed by atoms with van der Waals surface area (Å²) in [5.41, 5.74) is 0.542. The number of rotatable bonds is 4. The molecule has 0 bridgehead atoms. The first-order valence-corrected chi connectivity index (χ1v) is 9.48. The van der Waals surface area contributed by atoms with Crippen molar-refractivity contribution in [2.75, 3.05) is 0 Å². The lowest BCUT2D eigenvalue weighted by molar-refractivity contribution is 0.0977. The van der Waals surface area contributed by atoms with Gasteiger partial charge in [0.25, 0.3) is 15.9 Å². The molecule has 2 heterocycles. The van der Waals surface area contributed by atoms with Crippen molar-refractivity contribution < 1.29 is 13.2 Å². The van der Waals surface area contributed by atoms with Crippen molar-refractivity contribution in [1.29, 1.82) is 0 Å². The Morgan fingerprint density at radius 1 is 1.15 bits per heavy atom. The molecule has 0 saturated carbocycles. The number of hydrogen-bond donors (Lipinski definition) is 1. The first-order valence-electron chi connectivity index (χ1n) is 7.24. The van der Waals surface area contributed by atoms with E-state index in [1.54, 1.807) is 35.9 Å². The first-order chi connectivity index (χ1) is 12.3. The molecule has 3 rings (SSSR count). The average molecular weight is 411 g/mol. The predicted octanol–water partition coefficient (Wildman–Crippen LogP) is 2.91. The Balaban J connectivity index is 1.91. The van der Waals surface area contributed by atoms with Crippen molar-refractivity contribution in [3.05, 3.63) is 64.7 Å². The molecular formula is C16H12Cl2N4O3S. The lowest BCUT2D eigenvalue weighted by atomic mass is 10.2. The summed E-state index contributed by atoms with van der Waals surface area (Å²) in [5, 5.41) is 0.418. The molecule has 0 aliphatic heterocycles. The van der Waals surface area contributed by atoms with E-state index in [0.29, 0.717) is 16.4 Å². The Morgan fingerprint density at radius 2 is 1.88 bits per heavy atom. The Morgan fingerprint density at radius 3 is 2.58 bits per heavy atom. The van der Waals surface area contributed by atoms with Crippen LogP contribution >= 0.6 is 23.2 Å². The fourth-order valence-electron chi connectivity index (χ4n) is 2.26. The average Bonchev–Trinajstić information content (AvgIpc) is 2.97. The minimum Gasteiger partial charge on any atom is -0.333 e. The van der Waals surface area contributed by atoms with Crippen LogP contribution in [0.5, 0.6) is 0 Å². The molecule has 0 saturated heterocycles. The van der Waals surface area contributed by atoms with Crippen molar-refractivity contribution in [3.8, 4) is 11.4 Å². The molecule has 26 heavy (non-hydrogen) atoms. The molecule has 10 heteroatoms. The minimum atomic E-state index is -4.18. The van der Waals surface area contributed by atoms with E-state index in [9.17, 15) is 13.2 Å². The summed E-state index contributed by atoms with van der Waals surface area (Å²) < 4.78 is 28.2. The number of carbonyl (C=O) groups excluding carboxylic acids is 1. The van der Waals surface area contributed by atoms with E-state index in [4.69, 9.17) is 23.2 Å². The third-order valence-electron chi connectivity index (χ3n) is 3.47. The number of nitrogens with one attached hydrogen (secondary N) is 1. The van der Waals surface area contributed by atoms with E-state index in [-0.39, 0.29) is 15.6 Å². The highest BCUT2D eigenvalue weighted by Gasteiger charge is 2.24. The molecule has 1 N–H and O–H groups in total. The van der Waals surface area contributed by atoms with Gasteiger partial charge in [0.2, 0.25) is 0 Å². The van der Waals surface area contributed by atoms with Crippen LogP contribution in [0.15, 0.2) is 53.8 Å². The van der Waals surface area contributed by atoms with Gasteiger partial charge in [-0.3, -0.25) is 9.78 Å². The van der Waals surface area contributed by atoms with Crippen molar-refractivity contribution in [2.24, 2.45) is 7.05 Å². The molecule has 1 amide bonds. The summed E-state index contributed by atoms with van der Waals surface area (Å²) in [7, 11) is -2.51. The highest BCUT2D eigenvalue weighted by molar-refractivity contribution is 7.90. The number of halogens is 2. The molecule has 0 aliphatic carbocycles. The summed E-state index contributed by atoms with van der Waals surface area (Å²) >= 11 is 12.0. The van der Waals surface area contributed by atoms with Gasteiger partial charge in [-0.1, -0.05) is 35.3 Å². The number of nitrogens with zero attached hydrogens (tertiary/aromatic N) is 3. The maximum Gasteiger partial charge on any atom is 0.285 e. The number of aromatic nitrogens is 3. The van der Waals surface area contributed by atoms with Gasteiger partial charge in [0.15, 0.2) is 0 Å². The van der Waals surface area contributed by atoms with Crippen LogP contribution in [0.1, 0.15) is 10.5 Å². The largest absolute Gasteiger partial charge is 0.333 e. The quantitative estimate of drug-likeness (QED) is 0.713. The maximum absolute atomic E-state index is 12.4. The Kier molecular flexibility index (Phi) is 4.99. The number of pyridine rings is 1. The number of amides is 1. The second-order valence-electron chi connectivity index (χ2n) is 5.28. The van der Waals surface area contributed by atoms with E-state index in [1.165, 1.54) is 18.5 Å². The fraction of sp³-hybridized carbons (Fsp3) is 0.0625. The Bertz CT molecular complexity index is 1100. The van der Waals surface area contributed by atoms with Crippen molar-refractivity contribution in [3.63, 3.8) is 0 Å². The minimum absolute atomic E-state index is 0.0434. The molecule has 7 nitrogen and oxygen atoms in total. The molecule has 3 aromatic rings. The van der Waals surface area contributed by atoms with Crippen LogP contribution in [0.2, 0.25) is 10.0 Å². The van der Waals surface area contributed by atoms with Gasteiger partial charge in [-0.25, -0.2) is 18.1 Å². The van der Waals surface area contributed by atoms with Crippen molar-refractivity contribution in [2.45, 2.75) is 4.90 Å². The number of aryl methyl sites for hydroxylation is 1. The molecule has 0 unspecified atom stereocenters. The molecule has 1 aromatic carbocycles. The number of carbonyl (C=O) groups is 1. The topological polar surface area (TPSA) is 94.0 Å². The molecule has 0 spiro atoms. The van der Waals surface area contributed by atoms with E-state index in [0.717, 1.165) is 6.20 Å². The smallest absolute Gasteiger partial charge is 0.285 e. The SMILES string of the molecule is Cn1cc(C(=O)NS(=O)(=O)c2cnccc2Cl)nc1-c1ccccc1Cl. The zero-order valence-corrected chi connectivity index (χ0v) is 15.7. The van der Waals surface area contributed by atoms with Gasteiger partial charge in [-0.05, 0) is 18.2 Å². The third kappa shape index (κ3) is 3.57. The van der Waals surface area contributed by atoms with Gasteiger partial charge in [-0.2, -0.15) is 0 Å². The second-order valence-corrected chi connectivity index (χ2v) is 7.75. The van der Waals surface area contributed by atoms with Crippen LogP contribution in [0.4, 0.5) is 0 Å². The highest BCUT2D eigenvalue weighted by Crippen LogP contribution is 2.26. The van der Waals surface area contributed by atoms with Crippen LogP contribution in [0, 0.1) is 0 Å².